The number of fused-ring (bicyclic) bond motifs is 1. The second-order valence-electron chi connectivity index (χ2n) is 4.57. The first-order valence-corrected chi connectivity index (χ1v) is 5.65. The van der Waals surface area contributed by atoms with E-state index in [1.165, 1.54) is 0 Å². The first-order chi connectivity index (χ1) is 8.31. The van der Waals surface area contributed by atoms with Crippen molar-refractivity contribution in [2.24, 2.45) is 0 Å². The standard InChI is InChI=1S/C14H10O3/c15-12-10-5-2-1-4-9(10)8-14(12)13(17-14)11-6-3-7-16-11/h1-7,13H,8H2. The number of rotatable bonds is 1. The largest absolute Gasteiger partial charge is 0.466 e. The molecule has 1 saturated heterocycles. The van der Waals surface area contributed by atoms with Crippen molar-refractivity contribution in [3.05, 3.63) is 59.5 Å². The predicted molar refractivity (Wildman–Crippen MR) is 59.7 cm³/mol. The minimum atomic E-state index is -0.679. The van der Waals surface area contributed by atoms with Crippen molar-refractivity contribution in [1.82, 2.24) is 0 Å². The first-order valence-electron chi connectivity index (χ1n) is 5.65. The number of Topliss-reactive ketones (excluding diaryl/α,β-unsaturated/α-hetero) is 1. The maximum atomic E-state index is 12.3. The highest BCUT2D eigenvalue weighted by Gasteiger charge is 2.67. The van der Waals surface area contributed by atoms with E-state index in [2.05, 4.69) is 0 Å². The monoisotopic (exact) mass is 226 g/mol. The molecule has 1 aromatic heterocycles. The number of hydrogen-bond acceptors (Lipinski definition) is 3. The molecule has 2 atom stereocenters. The van der Waals surface area contributed by atoms with E-state index >= 15 is 0 Å². The molecule has 2 aliphatic rings. The molecule has 84 valence electrons. The summed E-state index contributed by atoms with van der Waals surface area (Å²) in [5, 5.41) is 0. The SMILES string of the molecule is O=C1c2ccccc2CC12OC2c1ccco1. The Bertz CT molecular complexity index is 600. The van der Waals surface area contributed by atoms with Crippen LogP contribution in [-0.2, 0) is 11.2 Å². The lowest BCUT2D eigenvalue weighted by atomic mass is 9.99. The van der Waals surface area contributed by atoms with Gasteiger partial charge in [0.2, 0.25) is 0 Å². The third-order valence-electron chi connectivity index (χ3n) is 3.60. The van der Waals surface area contributed by atoms with Crippen molar-refractivity contribution >= 4 is 5.78 Å². The van der Waals surface area contributed by atoms with Gasteiger partial charge in [0, 0.05) is 12.0 Å². The molecule has 2 unspecified atom stereocenters. The quantitative estimate of drug-likeness (QED) is 0.702. The van der Waals surface area contributed by atoms with Crippen LogP contribution in [0.3, 0.4) is 0 Å². The molecule has 0 N–H and O–H groups in total. The molecule has 0 radical (unpaired) electrons. The van der Waals surface area contributed by atoms with Gasteiger partial charge in [-0.05, 0) is 17.7 Å². The molecule has 3 heteroatoms. The van der Waals surface area contributed by atoms with E-state index in [0.717, 1.165) is 16.9 Å². The Morgan fingerprint density at radius 3 is 2.82 bits per heavy atom. The van der Waals surface area contributed by atoms with Gasteiger partial charge in [-0.3, -0.25) is 4.79 Å². The van der Waals surface area contributed by atoms with Crippen LogP contribution in [0.15, 0.2) is 47.1 Å². The zero-order valence-electron chi connectivity index (χ0n) is 9.05. The van der Waals surface area contributed by atoms with E-state index in [1.54, 1.807) is 6.26 Å². The zero-order chi connectivity index (χ0) is 11.5. The lowest BCUT2D eigenvalue weighted by molar-refractivity contribution is 0.0894. The normalized spacial score (nSPS) is 29.6. The Balaban J connectivity index is 1.75. The van der Waals surface area contributed by atoms with Crippen molar-refractivity contribution < 1.29 is 13.9 Å². The number of hydrogen-bond donors (Lipinski definition) is 0. The molecule has 3 nitrogen and oxygen atoms in total. The molecular formula is C14H10O3. The summed E-state index contributed by atoms with van der Waals surface area (Å²) < 4.78 is 11.0. The van der Waals surface area contributed by atoms with Crippen molar-refractivity contribution in [3.8, 4) is 0 Å². The fourth-order valence-electron chi connectivity index (χ4n) is 2.70. The Labute approximate surface area is 98.0 Å². The second kappa shape index (κ2) is 2.87. The fraction of sp³-hybridized carbons (Fsp3) is 0.214. The average Bonchev–Trinajstić information content (AvgIpc) is 2.76. The number of benzene rings is 1. The van der Waals surface area contributed by atoms with Crippen molar-refractivity contribution in [1.29, 1.82) is 0 Å². The topological polar surface area (TPSA) is 42.7 Å². The molecule has 1 aliphatic heterocycles. The van der Waals surface area contributed by atoms with Crippen molar-refractivity contribution in [2.75, 3.05) is 0 Å². The van der Waals surface area contributed by atoms with Gasteiger partial charge in [0.1, 0.15) is 5.76 Å². The molecule has 1 aliphatic carbocycles. The number of epoxide rings is 1. The molecular weight excluding hydrogens is 216 g/mol. The van der Waals surface area contributed by atoms with Gasteiger partial charge in [0.15, 0.2) is 17.5 Å². The average molecular weight is 226 g/mol. The second-order valence-corrected chi connectivity index (χ2v) is 4.57. The van der Waals surface area contributed by atoms with Crippen LogP contribution in [0.1, 0.15) is 27.8 Å². The minimum absolute atomic E-state index is 0.0921. The molecule has 4 rings (SSSR count). The summed E-state index contributed by atoms with van der Waals surface area (Å²) in [7, 11) is 0. The van der Waals surface area contributed by atoms with Crippen LogP contribution in [-0.4, -0.2) is 11.4 Å². The molecule has 1 aromatic carbocycles. The highest BCUT2D eigenvalue weighted by Crippen LogP contribution is 2.56. The molecule has 17 heavy (non-hydrogen) atoms. The predicted octanol–water partition coefficient (Wildman–Crippen LogP) is 2.53. The highest BCUT2D eigenvalue weighted by atomic mass is 16.6. The minimum Gasteiger partial charge on any atom is -0.466 e. The van der Waals surface area contributed by atoms with Gasteiger partial charge in [0.25, 0.3) is 0 Å². The maximum absolute atomic E-state index is 12.3. The molecule has 0 amide bonds. The molecule has 0 bridgehead atoms. The van der Waals surface area contributed by atoms with E-state index in [9.17, 15) is 4.79 Å². The van der Waals surface area contributed by atoms with Gasteiger partial charge in [-0.15, -0.1) is 0 Å². The van der Waals surface area contributed by atoms with Crippen LogP contribution in [0.4, 0.5) is 0 Å². The number of ether oxygens (including phenoxy) is 1. The van der Waals surface area contributed by atoms with Crippen LogP contribution in [0.25, 0.3) is 0 Å². The van der Waals surface area contributed by atoms with Gasteiger partial charge in [-0.25, -0.2) is 0 Å². The molecule has 1 spiro atoms. The smallest absolute Gasteiger partial charge is 0.198 e. The summed E-state index contributed by atoms with van der Waals surface area (Å²) in [5.74, 6) is 0.834. The summed E-state index contributed by atoms with van der Waals surface area (Å²) in [5.41, 5.74) is 1.19. The molecule has 2 heterocycles. The summed E-state index contributed by atoms with van der Waals surface area (Å²) in [6.07, 6.45) is 2.06. The molecule has 2 aromatic rings. The Morgan fingerprint density at radius 1 is 1.18 bits per heavy atom. The van der Waals surface area contributed by atoms with Crippen LogP contribution >= 0.6 is 0 Å². The van der Waals surface area contributed by atoms with Gasteiger partial charge in [-0.1, -0.05) is 24.3 Å². The number of carbonyl (C=O) groups excluding carboxylic acids is 1. The van der Waals surface area contributed by atoms with E-state index in [1.807, 2.05) is 36.4 Å². The summed E-state index contributed by atoms with van der Waals surface area (Å²) in [6, 6.07) is 11.4. The van der Waals surface area contributed by atoms with Crippen LogP contribution in [0.5, 0.6) is 0 Å². The van der Waals surface area contributed by atoms with Gasteiger partial charge < -0.3 is 9.15 Å². The summed E-state index contributed by atoms with van der Waals surface area (Å²) in [6.45, 7) is 0. The first kappa shape index (κ1) is 9.19. The fourth-order valence-corrected chi connectivity index (χ4v) is 2.70. The van der Waals surface area contributed by atoms with E-state index < -0.39 is 5.60 Å². The Hall–Kier alpha value is -1.87. The van der Waals surface area contributed by atoms with E-state index in [-0.39, 0.29) is 11.9 Å². The van der Waals surface area contributed by atoms with Crippen molar-refractivity contribution in [3.63, 3.8) is 0 Å². The molecule has 1 fully saturated rings. The number of ketones is 1. The lowest BCUT2D eigenvalue weighted by Gasteiger charge is -1.98. The van der Waals surface area contributed by atoms with Crippen LogP contribution in [0.2, 0.25) is 0 Å². The van der Waals surface area contributed by atoms with Gasteiger partial charge >= 0.3 is 0 Å². The van der Waals surface area contributed by atoms with Crippen LogP contribution < -0.4 is 0 Å². The van der Waals surface area contributed by atoms with E-state index in [0.29, 0.717) is 6.42 Å². The third kappa shape index (κ3) is 1.07. The van der Waals surface area contributed by atoms with Crippen LogP contribution in [0, 0.1) is 0 Å². The Morgan fingerprint density at radius 2 is 2.06 bits per heavy atom. The third-order valence-corrected chi connectivity index (χ3v) is 3.60. The van der Waals surface area contributed by atoms with E-state index in [4.69, 9.17) is 9.15 Å². The highest BCUT2D eigenvalue weighted by molar-refractivity contribution is 6.09. The Kier molecular flexibility index (Phi) is 1.55. The summed E-state index contributed by atoms with van der Waals surface area (Å²) in [4.78, 5) is 12.3. The lowest BCUT2D eigenvalue weighted by Crippen LogP contribution is -2.20. The van der Waals surface area contributed by atoms with Crippen molar-refractivity contribution in [2.45, 2.75) is 18.1 Å². The maximum Gasteiger partial charge on any atom is 0.198 e. The number of furan rings is 1. The number of carbonyl (C=O) groups is 1. The summed E-state index contributed by atoms with van der Waals surface area (Å²) >= 11 is 0. The van der Waals surface area contributed by atoms with Gasteiger partial charge in [0.05, 0.1) is 6.26 Å². The molecule has 0 saturated carbocycles. The zero-order valence-corrected chi connectivity index (χ0v) is 9.05. The van der Waals surface area contributed by atoms with Gasteiger partial charge in [-0.2, -0.15) is 0 Å².